The summed E-state index contributed by atoms with van der Waals surface area (Å²) in [4.78, 5) is 37.5. The number of carbonyl (C=O) groups excluding carboxylic acids is 3. The number of esters is 1. The van der Waals surface area contributed by atoms with E-state index in [1.807, 2.05) is 25.1 Å². The molecule has 6 nitrogen and oxygen atoms in total. The van der Waals surface area contributed by atoms with Gasteiger partial charge in [0.15, 0.2) is 6.61 Å². The molecule has 0 saturated carbocycles. The Morgan fingerprint density at radius 1 is 0.824 bits per heavy atom. The number of benzene rings is 3. The summed E-state index contributed by atoms with van der Waals surface area (Å²) < 4.78 is 5.17. The van der Waals surface area contributed by atoms with Crippen LogP contribution in [0, 0.1) is 0 Å². The van der Waals surface area contributed by atoms with Crippen LogP contribution in [0.5, 0.6) is 0 Å². The molecule has 3 aromatic carbocycles. The summed E-state index contributed by atoms with van der Waals surface area (Å²) in [5.41, 5.74) is 1.89. The van der Waals surface area contributed by atoms with Crippen LogP contribution in [-0.4, -0.2) is 24.4 Å². The molecule has 34 heavy (non-hydrogen) atoms. The Bertz CT molecular complexity index is 1140. The van der Waals surface area contributed by atoms with E-state index in [-0.39, 0.29) is 12.5 Å². The Balaban J connectivity index is 1.58. The van der Waals surface area contributed by atoms with Crippen molar-refractivity contribution >= 4 is 41.0 Å². The topological polar surface area (TPSA) is 84.5 Å². The van der Waals surface area contributed by atoms with Gasteiger partial charge in [0.1, 0.15) is 0 Å². The third-order valence-corrected chi connectivity index (χ3v) is 5.69. The summed E-state index contributed by atoms with van der Waals surface area (Å²) in [6.07, 6.45) is -0.153. The van der Waals surface area contributed by atoms with Crippen molar-refractivity contribution in [3.63, 3.8) is 0 Å². The van der Waals surface area contributed by atoms with Crippen molar-refractivity contribution in [1.82, 2.24) is 10.6 Å². The van der Waals surface area contributed by atoms with E-state index in [0.29, 0.717) is 15.6 Å². The van der Waals surface area contributed by atoms with Crippen LogP contribution in [0.1, 0.15) is 46.9 Å². The highest BCUT2D eigenvalue weighted by Gasteiger charge is 2.22. The molecule has 0 aliphatic heterocycles. The molecule has 0 fully saturated rings. The third kappa shape index (κ3) is 7.33. The fourth-order valence-electron chi connectivity index (χ4n) is 3.31. The first-order valence-corrected chi connectivity index (χ1v) is 11.4. The highest BCUT2D eigenvalue weighted by Crippen LogP contribution is 2.21. The van der Waals surface area contributed by atoms with Crippen molar-refractivity contribution < 1.29 is 19.1 Å². The van der Waals surface area contributed by atoms with Crippen LogP contribution >= 0.6 is 23.2 Å². The van der Waals surface area contributed by atoms with Gasteiger partial charge in [0, 0.05) is 5.02 Å². The highest BCUT2D eigenvalue weighted by atomic mass is 35.5. The van der Waals surface area contributed by atoms with Gasteiger partial charge < -0.3 is 15.4 Å². The van der Waals surface area contributed by atoms with Gasteiger partial charge in [-0.2, -0.15) is 0 Å². The van der Waals surface area contributed by atoms with E-state index >= 15 is 0 Å². The number of rotatable bonds is 9. The first-order chi connectivity index (χ1) is 16.3. The standard InChI is InChI=1S/C26H24Cl2N2O4/c1-17(18-11-13-20(27)14-12-18)29-24(31)16-34-25(32)15-23(19-7-3-2-4-8-19)30-26(33)21-9-5-6-10-22(21)28/h2-14,17,23H,15-16H2,1H3,(H,29,31)(H,30,33). The van der Waals surface area contributed by atoms with E-state index < -0.39 is 30.4 Å². The van der Waals surface area contributed by atoms with Crippen molar-refractivity contribution in [2.24, 2.45) is 0 Å². The lowest BCUT2D eigenvalue weighted by atomic mass is 10.0. The molecule has 0 aliphatic carbocycles. The van der Waals surface area contributed by atoms with Gasteiger partial charge in [0.25, 0.3) is 11.8 Å². The van der Waals surface area contributed by atoms with Gasteiger partial charge in [0.2, 0.25) is 0 Å². The minimum Gasteiger partial charge on any atom is -0.456 e. The maximum absolute atomic E-state index is 12.8. The summed E-state index contributed by atoms with van der Waals surface area (Å²) >= 11 is 12.0. The Morgan fingerprint density at radius 3 is 2.15 bits per heavy atom. The van der Waals surface area contributed by atoms with E-state index in [9.17, 15) is 14.4 Å². The Kier molecular flexibility index (Phi) is 9.08. The largest absolute Gasteiger partial charge is 0.456 e. The molecule has 0 spiro atoms. The maximum Gasteiger partial charge on any atom is 0.308 e. The number of nitrogens with one attached hydrogen (secondary N) is 2. The molecule has 0 saturated heterocycles. The monoisotopic (exact) mass is 498 g/mol. The molecule has 0 heterocycles. The summed E-state index contributed by atoms with van der Waals surface area (Å²) in [6, 6.07) is 21.8. The second-order valence-corrected chi connectivity index (χ2v) is 8.47. The number of halogens is 2. The summed E-state index contributed by atoms with van der Waals surface area (Å²) in [6.45, 7) is 1.38. The molecule has 176 valence electrons. The molecule has 0 aromatic heterocycles. The fraction of sp³-hybridized carbons (Fsp3) is 0.192. The minimum atomic E-state index is -0.659. The van der Waals surface area contributed by atoms with Crippen LogP contribution in [0.4, 0.5) is 0 Å². The average Bonchev–Trinajstić information content (AvgIpc) is 2.83. The van der Waals surface area contributed by atoms with Gasteiger partial charge in [-0.05, 0) is 42.3 Å². The van der Waals surface area contributed by atoms with Gasteiger partial charge in [-0.3, -0.25) is 14.4 Å². The normalized spacial score (nSPS) is 12.3. The zero-order valence-corrected chi connectivity index (χ0v) is 20.0. The quantitative estimate of drug-likeness (QED) is 0.393. The van der Waals surface area contributed by atoms with Crippen molar-refractivity contribution in [3.8, 4) is 0 Å². The predicted molar refractivity (Wildman–Crippen MR) is 132 cm³/mol. The lowest BCUT2D eigenvalue weighted by Gasteiger charge is -2.19. The Hall–Kier alpha value is -3.35. The van der Waals surface area contributed by atoms with Crippen molar-refractivity contribution in [3.05, 3.63) is 106 Å². The summed E-state index contributed by atoms with van der Waals surface area (Å²) in [7, 11) is 0. The van der Waals surface area contributed by atoms with E-state index in [1.165, 1.54) is 0 Å². The molecule has 2 amide bonds. The van der Waals surface area contributed by atoms with E-state index in [1.54, 1.807) is 60.7 Å². The van der Waals surface area contributed by atoms with Crippen LogP contribution in [-0.2, 0) is 14.3 Å². The van der Waals surface area contributed by atoms with E-state index in [4.69, 9.17) is 27.9 Å². The molecule has 3 rings (SSSR count). The fourth-order valence-corrected chi connectivity index (χ4v) is 3.66. The van der Waals surface area contributed by atoms with Crippen LogP contribution in [0.15, 0.2) is 78.9 Å². The first-order valence-electron chi connectivity index (χ1n) is 10.6. The molecule has 0 radical (unpaired) electrons. The van der Waals surface area contributed by atoms with Crippen LogP contribution in [0.2, 0.25) is 10.0 Å². The van der Waals surface area contributed by atoms with Crippen molar-refractivity contribution in [2.75, 3.05) is 6.61 Å². The lowest BCUT2D eigenvalue weighted by Crippen LogP contribution is -2.33. The summed E-state index contributed by atoms with van der Waals surface area (Å²) in [5.74, 6) is -1.48. The number of carbonyl (C=O) groups is 3. The van der Waals surface area contributed by atoms with Gasteiger partial charge in [-0.15, -0.1) is 0 Å². The van der Waals surface area contributed by atoms with Gasteiger partial charge in [0.05, 0.1) is 29.1 Å². The zero-order valence-electron chi connectivity index (χ0n) is 18.5. The highest BCUT2D eigenvalue weighted by molar-refractivity contribution is 6.33. The van der Waals surface area contributed by atoms with E-state index in [2.05, 4.69) is 10.6 Å². The molecular formula is C26H24Cl2N2O4. The molecular weight excluding hydrogens is 475 g/mol. The molecule has 0 bridgehead atoms. The smallest absolute Gasteiger partial charge is 0.308 e. The Labute approximate surface area is 208 Å². The zero-order chi connectivity index (χ0) is 24.5. The van der Waals surface area contributed by atoms with Gasteiger partial charge in [-0.1, -0.05) is 77.8 Å². The first kappa shape index (κ1) is 25.3. The second-order valence-electron chi connectivity index (χ2n) is 7.62. The molecule has 0 aliphatic rings. The molecule has 2 N–H and O–H groups in total. The predicted octanol–water partition coefficient (Wildman–Crippen LogP) is 5.28. The number of hydrogen-bond acceptors (Lipinski definition) is 4. The summed E-state index contributed by atoms with van der Waals surface area (Å²) in [5, 5.41) is 6.51. The third-order valence-electron chi connectivity index (χ3n) is 5.11. The molecule has 8 heteroatoms. The SMILES string of the molecule is CC(NC(=O)COC(=O)CC(NC(=O)c1ccccc1Cl)c1ccccc1)c1ccc(Cl)cc1. The molecule has 2 atom stereocenters. The number of amides is 2. The Morgan fingerprint density at radius 2 is 1.47 bits per heavy atom. The van der Waals surface area contributed by atoms with Crippen LogP contribution in [0.25, 0.3) is 0 Å². The molecule has 2 unspecified atom stereocenters. The lowest BCUT2D eigenvalue weighted by molar-refractivity contribution is -0.149. The molecule has 3 aromatic rings. The van der Waals surface area contributed by atoms with Crippen molar-refractivity contribution in [2.45, 2.75) is 25.4 Å². The van der Waals surface area contributed by atoms with Crippen LogP contribution in [0.3, 0.4) is 0 Å². The van der Waals surface area contributed by atoms with Gasteiger partial charge in [-0.25, -0.2) is 0 Å². The number of hydrogen-bond donors (Lipinski definition) is 2. The maximum atomic E-state index is 12.8. The van der Waals surface area contributed by atoms with Crippen LogP contribution < -0.4 is 10.6 Å². The second kappa shape index (κ2) is 12.2. The van der Waals surface area contributed by atoms with E-state index in [0.717, 1.165) is 11.1 Å². The number of ether oxygens (including phenoxy) is 1. The van der Waals surface area contributed by atoms with Gasteiger partial charge >= 0.3 is 5.97 Å². The minimum absolute atomic E-state index is 0.153. The van der Waals surface area contributed by atoms with Crippen molar-refractivity contribution in [1.29, 1.82) is 0 Å². The average molecular weight is 499 g/mol.